The molecular formula is C25H26ClN3O4S. The van der Waals surface area contributed by atoms with Gasteiger partial charge in [-0.15, -0.1) is 11.8 Å². The van der Waals surface area contributed by atoms with Crippen LogP contribution in [0.2, 0.25) is 5.02 Å². The second-order valence-electron chi connectivity index (χ2n) is 9.09. The maximum Gasteiger partial charge on any atom is 0.248 e. The molecule has 3 fully saturated rings. The number of hydrogen-bond acceptors (Lipinski definition) is 5. The van der Waals surface area contributed by atoms with Crippen LogP contribution in [0, 0.1) is 18.8 Å². The Kier molecular flexibility index (Phi) is 6.08. The third kappa shape index (κ3) is 3.59. The third-order valence-electron chi connectivity index (χ3n) is 7.20. The predicted octanol–water partition coefficient (Wildman–Crippen LogP) is 3.31. The van der Waals surface area contributed by atoms with E-state index in [9.17, 15) is 19.5 Å². The molecular weight excluding hydrogens is 474 g/mol. The minimum atomic E-state index is -0.794. The van der Waals surface area contributed by atoms with Gasteiger partial charge in [-0.25, -0.2) is 0 Å². The number of likely N-dealkylation sites (tertiary alicyclic amines) is 1. The number of β-amino-alcohol motifs (C(OH)–C–C–N with tert-alkyl or cyclic N) is 1. The molecule has 0 aromatic heterocycles. The van der Waals surface area contributed by atoms with Gasteiger partial charge in [0.25, 0.3) is 0 Å². The van der Waals surface area contributed by atoms with Crippen LogP contribution in [-0.2, 0) is 14.4 Å². The zero-order chi connectivity index (χ0) is 24.0. The van der Waals surface area contributed by atoms with E-state index in [0.717, 1.165) is 12.0 Å². The topological polar surface area (TPSA) is 98.7 Å². The first-order valence-corrected chi connectivity index (χ1v) is 12.6. The molecule has 34 heavy (non-hydrogen) atoms. The van der Waals surface area contributed by atoms with Crippen molar-refractivity contribution in [2.24, 2.45) is 11.8 Å². The number of aliphatic hydroxyl groups excluding tert-OH is 1. The van der Waals surface area contributed by atoms with Crippen LogP contribution in [0.5, 0.6) is 0 Å². The van der Waals surface area contributed by atoms with Gasteiger partial charge in [-0.3, -0.25) is 14.4 Å². The number of amides is 3. The number of nitrogens with zero attached hydrogens (tertiary/aromatic N) is 1. The molecule has 5 atom stereocenters. The van der Waals surface area contributed by atoms with E-state index in [2.05, 4.69) is 10.6 Å². The highest BCUT2D eigenvalue weighted by Crippen LogP contribution is 2.66. The van der Waals surface area contributed by atoms with Gasteiger partial charge in [-0.05, 0) is 43.5 Å². The Morgan fingerprint density at radius 1 is 1.15 bits per heavy atom. The number of carbonyl (C=O) groups is 3. The summed E-state index contributed by atoms with van der Waals surface area (Å²) in [7, 11) is 0. The number of carbonyl (C=O) groups excluding carboxylic acids is 3. The highest BCUT2D eigenvalue weighted by atomic mass is 35.5. The number of hydrogen-bond donors (Lipinski definition) is 3. The summed E-state index contributed by atoms with van der Waals surface area (Å²) in [5, 5.41) is 16.0. The van der Waals surface area contributed by atoms with Crippen molar-refractivity contribution in [2.45, 2.75) is 35.8 Å². The Morgan fingerprint density at radius 2 is 1.91 bits per heavy atom. The van der Waals surface area contributed by atoms with Crippen molar-refractivity contribution in [1.82, 2.24) is 4.90 Å². The van der Waals surface area contributed by atoms with Gasteiger partial charge in [0.2, 0.25) is 17.7 Å². The summed E-state index contributed by atoms with van der Waals surface area (Å²) in [6.45, 7) is 1.63. The Hall–Kier alpha value is -2.55. The van der Waals surface area contributed by atoms with Crippen LogP contribution in [0.25, 0.3) is 0 Å². The molecule has 0 radical (unpaired) electrons. The molecule has 5 rings (SSSR count). The van der Waals surface area contributed by atoms with Crippen molar-refractivity contribution in [3.05, 3.63) is 59.1 Å². The molecule has 2 unspecified atom stereocenters. The smallest absolute Gasteiger partial charge is 0.248 e. The number of halogens is 1. The maximum atomic E-state index is 13.7. The number of para-hydroxylation sites is 2. The molecule has 0 aliphatic carbocycles. The number of rotatable bonds is 6. The molecule has 7 nitrogen and oxygen atoms in total. The lowest BCUT2D eigenvalue weighted by Gasteiger charge is -2.34. The monoisotopic (exact) mass is 499 g/mol. The SMILES string of the molecule is Cc1cccc(Cl)c1NC(=O)C1N(CCO)C(=O)[C@@H]2[C@@H](C(=O)Nc3ccccc3)[C@H]3CCC12S3. The molecule has 3 amide bonds. The highest BCUT2D eigenvalue weighted by Gasteiger charge is 2.73. The van der Waals surface area contributed by atoms with E-state index in [1.165, 1.54) is 4.90 Å². The van der Waals surface area contributed by atoms with Crippen LogP contribution in [0.15, 0.2) is 48.5 Å². The number of nitrogens with one attached hydrogen (secondary N) is 2. The highest BCUT2D eigenvalue weighted by molar-refractivity contribution is 8.02. The summed E-state index contributed by atoms with van der Waals surface area (Å²) < 4.78 is -0.713. The molecule has 2 aromatic rings. The Morgan fingerprint density at radius 3 is 2.62 bits per heavy atom. The molecule has 9 heteroatoms. The molecule has 3 N–H and O–H groups in total. The van der Waals surface area contributed by atoms with E-state index in [-0.39, 0.29) is 36.1 Å². The molecule has 3 heterocycles. The quantitative estimate of drug-likeness (QED) is 0.566. The Balaban J connectivity index is 1.47. The number of aryl methyl sites for hydroxylation is 1. The van der Waals surface area contributed by atoms with Crippen LogP contribution >= 0.6 is 23.4 Å². The van der Waals surface area contributed by atoms with Gasteiger partial charge in [-0.2, -0.15) is 0 Å². The van der Waals surface area contributed by atoms with E-state index in [4.69, 9.17) is 11.6 Å². The van der Waals surface area contributed by atoms with Crippen molar-refractivity contribution >= 4 is 52.5 Å². The minimum absolute atomic E-state index is 0.0358. The summed E-state index contributed by atoms with van der Waals surface area (Å²) in [6, 6.07) is 13.7. The number of thioether (sulfide) groups is 1. The first-order valence-electron chi connectivity index (χ1n) is 11.4. The van der Waals surface area contributed by atoms with Crippen molar-refractivity contribution in [2.75, 3.05) is 23.8 Å². The summed E-state index contributed by atoms with van der Waals surface area (Å²) in [5.74, 6) is -1.93. The van der Waals surface area contributed by atoms with Gasteiger partial charge in [0.1, 0.15) is 6.04 Å². The summed E-state index contributed by atoms with van der Waals surface area (Å²) in [5.41, 5.74) is 2.01. The molecule has 3 aliphatic rings. The molecule has 3 aliphatic heterocycles. The molecule has 2 aromatic carbocycles. The second kappa shape index (κ2) is 8.91. The molecule has 2 bridgehead atoms. The van der Waals surface area contributed by atoms with E-state index < -0.39 is 22.6 Å². The fourth-order valence-electron chi connectivity index (χ4n) is 5.83. The zero-order valence-corrected chi connectivity index (χ0v) is 20.2. The predicted molar refractivity (Wildman–Crippen MR) is 133 cm³/mol. The van der Waals surface area contributed by atoms with Crippen molar-refractivity contribution in [3.63, 3.8) is 0 Å². The summed E-state index contributed by atoms with van der Waals surface area (Å²) >= 11 is 7.93. The van der Waals surface area contributed by atoms with E-state index in [1.54, 1.807) is 17.8 Å². The van der Waals surface area contributed by atoms with Gasteiger partial charge in [0.05, 0.1) is 33.9 Å². The van der Waals surface area contributed by atoms with Crippen molar-refractivity contribution in [3.8, 4) is 0 Å². The van der Waals surface area contributed by atoms with Crippen LogP contribution in [0.4, 0.5) is 11.4 Å². The van der Waals surface area contributed by atoms with E-state index in [0.29, 0.717) is 22.8 Å². The van der Waals surface area contributed by atoms with Gasteiger partial charge < -0.3 is 20.6 Å². The first-order chi connectivity index (χ1) is 16.4. The standard InChI is InChI=1S/C25H26ClN3O4S/c1-14-6-5-9-16(26)20(14)28-23(32)21-25-11-10-17(34-25)18(19(25)24(33)29(21)12-13-30)22(31)27-15-7-3-2-4-8-15/h2-9,17-19,21,30H,10-13H2,1H3,(H,27,31)(H,28,32)/t17-,18+,19+,21?,25?/m1/s1. The van der Waals surface area contributed by atoms with Gasteiger partial charge >= 0.3 is 0 Å². The third-order valence-corrected chi connectivity index (χ3v) is 9.47. The maximum absolute atomic E-state index is 13.7. The molecule has 178 valence electrons. The molecule has 1 spiro atoms. The zero-order valence-electron chi connectivity index (χ0n) is 18.7. The largest absolute Gasteiger partial charge is 0.395 e. The van der Waals surface area contributed by atoms with Crippen LogP contribution in [-0.4, -0.2) is 56.9 Å². The van der Waals surface area contributed by atoms with E-state index >= 15 is 0 Å². The number of benzene rings is 2. The number of aliphatic hydroxyl groups is 1. The average Bonchev–Trinajstić information content (AvgIpc) is 3.45. The van der Waals surface area contributed by atoms with Gasteiger partial charge in [-0.1, -0.05) is 41.9 Å². The lowest BCUT2D eigenvalue weighted by atomic mass is 9.70. The van der Waals surface area contributed by atoms with Crippen LogP contribution in [0.1, 0.15) is 18.4 Å². The number of anilines is 2. The Bertz CT molecular complexity index is 1130. The van der Waals surface area contributed by atoms with Crippen LogP contribution < -0.4 is 10.6 Å². The van der Waals surface area contributed by atoms with Crippen molar-refractivity contribution < 1.29 is 19.5 Å². The summed E-state index contributed by atoms with van der Waals surface area (Å²) in [6.07, 6.45) is 1.42. The molecule has 3 saturated heterocycles. The van der Waals surface area contributed by atoms with Gasteiger partial charge in [0, 0.05) is 17.5 Å². The van der Waals surface area contributed by atoms with Gasteiger partial charge in [0.15, 0.2) is 0 Å². The van der Waals surface area contributed by atoms with Crippen molar-refractivity contribution in [1.29, 1.82) is 0 Å². The fraction of sp³-hybridized carbons (Fsp3) is 0.400. The van der Waals surface area contributed by atoms with E-state index in [1.807, 2.05) is 49.4 Å². The Labute approximate surface area is 207 Å². The second-order valence-corrected chi connectivity index (χ2v) is 11.1. The van der Waals surface area contributed by atoms with Crippen LogP contribution in [0.3, 0.4) is 0 Å². The average molecular weight is 500 g/mol. The number of fused-ring (bicyclic) bond motifs is 1. The first kappa shape index (κ1) is 23.2. The normalized spacial score (nSPS) is 29.3. The summed E-state index contributed by atoms with van der Waals surface area (Å²) in [4.78, 5) is 42.1. The fourth-order valence-corrected chi connectivity index (χ4v) is 8.32. The molecule has 0 saturated carbocycles. The minimum Gasteiger partial charge on any atom is -0.395 e. The lowest BCUT2D eigenvalue weighted by Crippen LogP contribution is -2.52. The lowest BCUT2D eigenvalue weighted by molar-refractivity contribution is -0.138.